The van der Waals surface area contributed by atoms with Crippen LogP contribution in [0.2, 0.25) is 6.32 Å². The number of unbranched alkanes of at least 4 members (excludes halogenated alkanes) is 1. The van der Waals surface area contributed by atoms with E-state index in [1.54, 1.807) is 41.5 Å². The molecule has 2 heterocycles. The summed E-state index contributed by atoms with van der Waals surface area (Å²) in [5.74, 6) is -1.87. The Balaban J connectivity index is 2.22. The number of hydrogen-bond donors (Lipinski definition) is 3. The number of carboxylic acid groups (broad SMARTS) is 1. The van der Waals surface area contributed by atoms with Crippen LogP contribution in [-0.4, -0.2) is 87.8 Å². The number of ether oxygens (including phenoxy) is 2. The van der Waals surface area contributed by atoms with E-state index in [4.69, 9.17) is 18.8 Å². The van der Waals surface area contributed by atoms with Crippen molar-refractivity contribution >= 4 is 31.2 Å². The number of carbonyl (C=O) groups is 4. The number of rotatable bonds is 11. The van der Waals surface area contributed by atoms with E-state index in [1.165, 1.54) is 4.90 Å². The van der Waals surface area contributed by atoms with Crippen molar-refractivity contribution in [1.29, 1.82) is 0 Å². The zero-order valence-electron chi connectivity index (χ0n) is 28.9. The lowest BCUT2D eigenvalue weighted by Crippen LogP contribution is -2.54. The summed E-state index contributed by atoms with van der Waals surface area (Å²) in [5, 5.41) is 16.1. The number of likely N-dealkylation sites (tertiary alicyclic amines) is 1. The van der Waals surface area contributed by atoms with E-state index in [9.17, 15) is 24.3 Å². The fourth-order valence-electron chi connectivity index (χ4n) is 5.43. The summed E-state index contributed by atoms with van der Waals surface area (Å²) in [5.41, 5.74) is -4.12. The Morgan fingerprint density at radius 3 is 2.00 bits per heavy atom. The molecule has 0 aromatic heterocycles. The lowest BCUT2D eigenvalue weighted by Gasteiger charge is -2.35. The molecule has 12 nitrogen and oxygen atoms in total. The molecule has 0 aromatic rings. The van der Waals surface area contributed by atoms with Gasteiger partial charge in [0.15, 0.2) is 0 Å². The molecule has 2 rings (SSSR count). The molecule has 3 amide bonds. The van der Waals surface area contributed by atoms with Crippen LogP contribution in [0.15, 0.2) is 0 Å². The molecule has 2 unspecified atom stereocenters. The van der Waals surface area contributed by atoms with E-state index in [0.717, 1.165) is 0 Å². The van der Waals surface area contributed by atoms with E-state index in [2.05, 4.69) is 10.6 Å². The van der Waals surface area contributed by atoms with Gasteiger partial charge in [0.2, 0.25) is 5.91 Å². The van der Waals surface area contributed by atoms with E-state index < -0.39 is 71.2 Å². The Morgan fingerprint density at radius 1 is 0.977 bits per heavy atom. The molecule has 0 radical (unpaired) electrons. The van der Waals surface area contributed by atoms with Crippen LogP contribution in [-0.2, 0) is 28.4 Å². The first-order chi connectivity index (χ1) is 19.9. The number of carbonyl (C=O) groups excluding carboxylic acids is 3. The van der Waals surface area contributed by atoms with Crippen LogP contribution < -0.4 is 10.6 Å². The number of amides is 3. The van der Waals surface area contributed by atoms with Crippen LogP contribution in [0.1, 0.15) is 115 Å². The maximum Gasteiger partial charge on any atom is 0.457 e. The van der Waals surface area contributed by atoms with Crippen molar-refractivity contribution in [3.8, 4) is 0 Å². The van der Waals surface area contributed by atoms with Crippen LogP contribution >= 0.6 is 0 Å². The van der Waals surface area contributed by atoms with Gasteiger partial charge in [0.05, 0.1) is 11.2 Å². The summed E-state index contributed by atoms with van der Waals surface area (Å²) < 4.78 is 23.1. The Bertz CT molecular complexity index is 1040. The molecule has 252 valence electrons. The summed E-state index contributed by atoms with van der Waals surface area (Å²) in [6.45, 7) is 21.9. The highest BCUT2D eigenvalue weighted by atomic mass is 16.7. The lowest BCUT2D eigenvalue weighted by atomic mass is 9.80. The SMILES string of the molecule is CCC(C)C(NC(=O)OC(C)(C)C)C(=O)N[C@H]1CN(C(=O)OC(C)(C)C)[C@@](CCCCB2OC(C)(C)C(C)(C)O2)(C(=O)O)C1. The number of nitrogens with zero attached hydrogens (tertiary/aromatic N) is 1. The minimum Gasteiger partial charge on any atom is -0.479 e. The number of nitrogens with one attached hydrogen (secondary N) is 2. The maximum absolute atomic E-state index is 13.5. The van der Waals surface area contributed by atoms with Gasteiger partial charge in [-0.05, 0) is 87.9 Å². The number of carboxylic acids is 1. The third-order valence-corrected chi connectivity index (χ3v) is 8.61. The van der Waals surface area contributed by atoms with Gasteiger partial charge in [-0.25, -0.2) is 14.4 Å². The zero-order chi connectivity index (χ0) is 33.9. The van der Waals surface area contributed by atoms with E-state index in [1.807, 2.05) is 41.5 Å². The highest BCUT2D eigenvalue weighted by Gasteiger charge is 2.55. The number of hydrogen-bond acceptors (Lipinski definition) is 8. The molecule has 0 saturated carbocycles. The van der Waals surface area contributed by atoms with E-state index in [0.29, 0.717) is 25.6 Å². The minimum atomic E-state index is -1.60. The quantitative estimate of drug-likeness (QED) is 0.209. The lowest BCUT2D eigenvalue weighted by molar-refractivity contribution is -0.150. The van der Waals surface area contributed by atoms with Crippen molar-refractivity contribution in [1.82, 2.24) is 15.5 Å². The molecule has 44 heavy (non-hydrogen) atoms. The molecule has 0 spiro atoms. The molecule has 2 fully saturated rings. The van der Waals surface area contributed by atoms with Gasteiger partial charge in [0, 0.05) is 19.0 Å². The molecule has 2 aliphatic heterocycles. The Kier molecular flexibility index (Phi) is 11.8. The Morgan fingerprint density at radius 2 is 1.52 bits per heavy atom. The van der Waals surface area contributed by atoms with Crippen LogP contribution in [0.3, 0.4) is 0 Å². The van der Waals surface area contributed by atoms with Gasteiger partial charge in [-0.15, -0.1) is 0 Å². The second kappa shape index (κ2) is 13.8. The van der Waals surface area contributed by atoms with Crippen molar-refractivity contribution in [3.05, 3.63) is 0 Å². The third-order valence-electron chi connectivity index (χ3n) is 8.61. The predicted octanol–water partition coefficient (Wildman–Crippen LogP) is 5.14. The van der Waals surface area contributed by atoms with Gasteiger partial charge in [0.25, 0.3) is 0 Å². The largest absolute Gasteiger partial charge is 0.479 e. The first-order valence-corrected chi connectivity index (χ1v) is 15.8. The molecule has 2 aliphatic rings. The number of alkyl carbamates (subject to hydrolysis) is 1. The van der Waals surface area contributed by atoms with E-state index in [-0.39, 0.29) is 25.3 Å². The van der Waals surface area contributed by atoms with Crippen molar-refractivity contribution in [2.75, 3.05) is 6.54 Å². The van der Waals surface area contributed by atoms with Crippen LogP contribution in [0.25, 0.3) is 0 Å². The standard InChI is InChI=1S/C31H56BN3O9/c1-13-20(2)22(34-25(39)41-27(3,4)5)23(36)33-21-18-31(24(37)38,35(19-21)26(40)42-28(6,7)8)16-14-15-17-32-43-29(9,10)30(11,12)44-32/h20-22H,13-19H2,1-12H3,(H,33,36)(H,34,39)(H,37,38)/t20?,21-,22?,31-/m1/s1. The monoisotopic (exact) mass is 625 g/mol. The summed E-state index contributed by atoms with van der Waals surface area (Å²) >= 11 is 0. The highest BCUT2D eigenvalue weighted by Crippen LogP contribution is 2.40. The van der Waals surface area contributed by atoms with Gasteiger partial charge in [0.1, 0.15) is 22.8 Å². The Hall–Kier alpha value is -2.54. The van der Waals surface area contributed by atoms with Crippen molar-refractivity contribution in [2.24, 2.45) is 5.92 Å². The molecule has 0 aromatic carbocycles. The summed E-state index contributed by atoms with van der Waals surface area (Å²) in [4.78, 5) is 53.6. The van der Waals surface area contributed by atoms with Crippen LogP contribution in [0, 0.1) is 5.92 Å². The van der Waals surface area contributed by atoms with E-state index >= 15 is 0 Å². The van der Waals surface area contributed by atoms with Gasteiger partial charge in [-0.1, -0.05) is 33.1 Å². The maximum atomic E-state index is 13.5. The van der Waals surface area contributed by atoms with Crippen molar-refractivity contribution in [3.63, 3.8) is 0 Å². The van der Waals surface area contributed by atoms with Crippen molar-refractivity contribution < 1.29 is 43.1 Å². The molecule has 13 heteroatoms. The normalized spacial score (nSPS) is 24.4. The van der Waals surface area contributed by atoms with Gasteiger partial charge < -0.3 is 34.5 Å². The Labute approximate surface area is 263 Å². The fourth-order valence-corrected chi connectivity index (χ4v) is 5.43. The molecular weight excluding hydrogens is 569 g/mol. The molecular formula is C31H56BN3O9. The third kappa shape index (κ3) is 9.73. The van der Waals surface area contributed by atoms with Gasteiger partial charge in [-0.3, -0.25) is 9.69 Å². The molecule has 4 atom stereocenters. The average Bonchev–Trinajstić information content (AvgIpc) is 3.31. The smallest absolute Gasteiger partial charge is 0.457 e. The second-order valence-corrected chi connectivity index (χ2v) is 15.3. The fraction of sp³-hybridized carbons (Fsp3) is 0.871. The zero-order valence-corrected chi connectivity index (χ0v) is 28.9. The number of aliphatic carboxylic acids is 1. The van der Waals surface area contributed by atoms with Gasteiger partial charge >= 0.3 is 25.3 Å². The minimum absolute atomic E-state index is 0.0104. The van der Waals surface area contributed by atoms with Crippen LogP contribution in [0.4, 0.5) is 9.59 Å². The van der Waals surface area contributed by atoms with Gasteiger partial charge in [-0.2, -0.15) is 0 Å². The molecule has 0 bridgehead atoms. The average molecular weight is 626 g/mol. The van der Waals surface area contributed by atoms with Crippen molar-refractivity contribution in [2.45, 2.75) is 162 Å². The summed E-state index contributed by atoms with van der Waals surface area (Å²) in [7, 11) is -0.409. The second-order valence-electron chi connectivity index (χ2n) is 15.3. The molecule has 0 aliphatic carbocycles. The topological polar surface area (TPSA) is 153 Å². The summed E-state index contributed by atoms with van der Waals surface area (Å²) in [6.07, 6.45) is 0.927. The summed E-state index contributed by atoms with van der Waals surface area (Å²) in [6, 6.07) is -1.59. The molecule has 3 N–H and O–H groups in total. The first kappa shape index (κ1) is 37.7. The predicted molar refractivity (Wildman–Crippen MR) is 167 cm³/mol. The highest BCUT2D eigenvalue weighted by molar-refractivity contribution is 6.45. The first-order valence-electron chi connectivity index (χ1n) is 15.8. The molecule has 2 saturated heterocycles. The van der Waals surface area contributed by atoms with Crippen LogP contribution in [0.5, 0.6) is 0 Å².